The maximum Gasteiger partial charge on any atom is 0.254 e. The van der Waals surface area contributed by atoms with E-state index in [4.69, 9.17) is 9.15 Å². The molecule has 2 rings (SSSR count). The second-order valence-electron chi connectivity index (χ2n) is 4.50. The van der Waals surface area contributed by atoms with Gasteiger partial charge in [0.05, 0.1) is 25.1 Å². The van der Waals surface area contributed by atoms with E-state index in [-0.39, 0.29) is 5.91 Å². The normalized spacial score (nSPS) is 10.7. The zero-order valence-corrected chi connectivity index (χ0v) is 11.8. The third-order valence-corrected chi connectivity index (χ3v) is 2.87. The Hall–Kier alpha value is -2.08. The molecule has 6 nitrogen and oxygen atoms in total. The van der Waals surface area contributed by atoms with Crippen LogP contribution < -0.4 is 5.32 Å². The van der Waals surface area contributed by atoms with Crippen LogP contribution >= 0.6 is 0 Å². The van der Waals surface area contributed by atoms with Crippen molar-refractivity contribution >= 4 is 5.91 Å². The van der Waals surface area contributed by atoms with Crippen molar-refractivity contribution in [3.63, 3.8) is 0 Å². The predicted octanol–water partition coefficient (Wildman–Crippen LogP) is 1.54. The van der Waals surface area contributed by atoms with Crippen molar-refractivity contribution in [1.82, 2.24) is 14.9 Å². The number of furan rings is 1. The Balaban J connectivity index is 1.61. The molecule has 0 saturated heterocycles. The molecule has 1 amide bonds. The van der Waals surface area contributed by atoms with E-state index < -0.39 is 0 Å². The Labute approximate surface area is 117 Å². The molecule has 0 aliphatic rings. The molecule has 108 valence electrons. The first-order chi connectivity index (χ1) is 9.66. The number of nitrogens with one attached hydrogen (secondary N) is 1. The van der Waals surface area contributed by atoms with Gasteiger partial charge in [0.25, 0.3) is 5.91 Å². The van der Waals surface area contributed by atoms with Crippen molar-refractivity contribution in [2.45, 2.75) is 20.4 Å². The molecule has 0 aromatic carbocycles. The molecule has 0 aliphatic carbocycles. The van der Waals surface area contributed by atoms with Gasteiger partial charge in [0.1, 0.15) is 11.5 Å². The van der Waals surface area contributed by atoms with Gasteiger partial charge in [-0.2, -0.15) is 0 Å². The number of aryl methyl sites for hydroxylation is 2. The fourth-order valence-corrected chi connectivity index (χ4v) is 1.88. The van der Waals surface area contributed by atoms with Crippen LogP contribution in [0, 0.1) is 13.8 Å². The Kier molecular flexibility index (Phi) is 4.95. The second-order valence-corrected chi connectivity index (χ2v) is 4.50. The second kappa shape index (κ2) is 6.91. The molecule has 2 heterocycles. The van der Waals surface area contributed by atoms with Crippen molar-refractivity contribution in [3.05, 3.63) is 41.9 Å². The van der Waals surface area contributed by atoms with Crippen molar-refractivity contribution in [3.8, 4) is 0 Å². The van der Waals surface area contributed by atoms with Crippen LogP contribution in [0.1, 0.15) is 21.9 Å². The first kappa shape index (κ1) is 14.3. The Morgan fingerprint density at radius 1 is 1.45 bits per heavy atom. The van der Waals surface area contributed by atoms with Gasteiger partial charge < -0.3 is 19.0 Å². The molecule has 0 atom stereocenters. The van der Waals surface area contributed by atoms with E-state index in [0.29, 0.717) is 31.1 Å². The quantitative estimate of drug-likeness (QED) is 0.779. The topological polar surface area (TPSA) is 69.3 Å². The highest BCUT2D eigenvalue weighted by atomic mass is 16.5. The Bertz CT molecular complexity index is 546. The molecule has 0 radical (unpaired) electrons. The van der Waals surface area contributed by atoms with Gasteiger partial charge in [-0.3, -0.25) is 4.79 Å². The number of hydrogen-bond donors (Lipinski definition) is 1. The van der Waals surface area contributed by atoms with Crippen LogP contribution in [0.25, 0.3) is 0 Å². The van der Waals surface area contributed by atoms with Crippen molar-refractivity contribution in [1.29, 1.82) is 0 Å². The molecule has 2 aromatic rings. The van der Waals surface area contributed by atoms with Crippen LogP contribution in [0.4, 0.5) is 0 Å². The maximum absolute atomic E-state index is 11.9. The summed E-state index contributed by atoms with van der Waals surface area (Å²) in [6.45, 7) is 5.92. The van der Waals surface area contributed by atoms with E-state index in [1.54, 1.807) is 25.5 Å². The summed E-state index contributed by atoms with van der Waals surface area (Å²) in [6, 6.07) is 1.74. The number of amides is 1. The lowest BCUT2D eigenvalue weighted by molar-refractivity contribution is 0.0907. The zero-order valence-electron chi connectivity index (χ0n) is 11.8. The summed E-state index contributed by atoms with van der Waals surface area (Å²) in [5.41, 5.74) is 0.584. The number of hydrogen-bond acceptors (Lipinski definition) is 4. The summed E-state index contributed by atoms with van der Waals surface area (Å²) < 4.78 is 12.7. The highest BCUT2D eigenvalue weighted by Gasteiger charge is 2.12. The van der Waals surface area contributed by atoms with Gasteiger partial charge >= 0.3 is 0 Å². The molecule has 2 aromatic heterocycles. The lowest BCUT2D eigenvalue weighted by Gasteiger charge is -2.06. The first-order valence-electron chi connectivity index (χ1n) is 6.55. The molecule has 0 unspecified atom stereocenters. The minimum Gasteiger partial charge on any atom is -0.466 e. The summed E-state index contributed by atoms with van der Waals surface area (Å²) in [5.74, 6) is 1.25. The largest absolute Gasteiger partial charge is 0.466 e. The minimum atomic E-state index is -0.127. The molecule has 0 saturated carbocycles. The number of carbonyl (C=O) groups is 1. The van der Waals surface area contributed by atoms with Crippen LogP contribution in [-0.2, 0) is 11.3 Å². The number of carbonyl (C=O) groups excluding carboxylic acids is 1. The summed E-state index contributed by atoms with van der Waals surface area (Å²) in [5, 5.41) is 2.80. The molecule has 6 heteroatoms. The van der Waals surface area contributed by atoms with E-state index in [2.05, 4.69) is 10.3 Å². The standard InChI is InChI=1S/C14H19N3O3/c1-11-9-13(12(2)20-11)14(18)16-4-7-19-8-6-17-5-3-15-10-17/h3,5,9-10H,4,6-8H2,1-2H3,(H,16,18). The molecule has 0 aliphatic heterocycles. The van der Waals surface area contributed by atoms with Crippen molar-refractivity contribution in [2.75, 3.05) is 19.8 Å². The van der Waals surface area contributed by atoms with Crippen LogP contribution in [0.3, 0.4) is 0 Å². The Morgan fingerprint density at radius 2 is 2.30 bits per heavy atom. The molecular weight excluding hydrogens is 258 g/mol. The maximum atomic E-state index is 11.9. The van der Waals surface area contributed by atoms with Gasteiger partial charge in [0, 0.05) is 25.5 Å². The monoisotopic (exact) mass is 277 g/mol. The molecular formula is C14H19N3O3. The average Bonchev–Trinajstić information content (AvgIpc) is 3.03. The first-order valence-corrected chi connectivity index (χ1v) is 6.55. The minimum absolute atomic E-state index is 0.127. The van der Waals surface area contributed by atoms with Crippen LogP contribution in [0.15, 0.2) is 29.2 Å². The third-order valence-electron chi connectivity index (χ3n) is 2.87. The number of imidazole rings is 1. The molecule has 0 bridgehead atoms. The predicted molar refractivity (Wildman–Crippen MR) is 73.6 cm³/mol. The summed E-state index contributed by atoms with van der Waals surface area (Å²) >= 11 is 0. The number of rotatable bonds is 7. The summed E-state index contributed by atoms with van der Waals surface area (Å²) in [7, 11) is 0. The van der Waals surface area contributed by atoms with Gasteiger partial charge in [-0.05, 0) is 19.9 Å². The third kappa shape index (κ3) is 3.96. The SMILES string of the molecule is Cc1cc(C(=O)NCCOCCn2ccnc2)c(C)o1. The smallest absolute Gasteiger partial charge is 0.254 e. The fraction of sp³-hybridized carbons (Fsp3) is 0.429. The number of ether oxygens (including phenoxy) is 1. The summed E-state index contributed by atoms with van der Waals surface area (Å²) in [4.78, 5) is 15.8. The Morgan fingerprint density at radius 3 is 2.95 bits per heavy atom. The van der Waals surface area contributed by atoms with Gasteiger partial charge in [0.2, 0.25) is 0 Å². The lowest BCUT2D eigenvalue weighted by Crippen LogP contribution is -2.27. The molecule has 0 spiro atoms. The van der Waals surface area contributed by atoms with Gasteiger partial charge in [-0.1, -0.05) is 0 Å². The van der Waals surface area contributed by atoms with Gasteiger partial charge in [-0.25, -0.2) is 4.98 Å². The van der Waals surface area contributed by atoms with Crippen LogP contribution in [0.2, 0.25) is 0 Å². The molecule has 20 heavy (non-hydrogen) atoms. The zero-order chi connectivity index (χ0) is 14.4. The van der Waals surface area contributed by atoms with E-state index in [1.807, 2.05) is 17.7 Å². The fourth-order valence-electron chi connectivity index (χ4n) is 1.88. The van der Waals surface area contributed by atoms with E-state index in [9.17, 15) is 4.79 Å². The number of aromatic nitrogens is 2. The average molecular weight is 277 g/mol. The molecule has 0 fully saturated rings. The van der Waals surface area contributed by atoms with Gasteiger partial charge in [0.15, 0.2) is 0 Å². The highest BCUT2D eigenvalue weighted by molar-refractivity contribution is 5.95. The molecule has 1 N–H and O–H groups in total. The highest BCUT2D eigenvalue weighted by Crippen LogP contribution is 2.12. The van der Waals surface area contributed by atoms with Crippen molar-refractivity contribution in [2.24, 2.45) is 0 Å². The van der Waals surface area contributed by atoms with E-state index in [0.717, 1.165) is 12.3 Å². The van der Waals surface area contributed by atoms with E-state index in [1.165, 1.54) is 0 Å². The van der Waals surface area contributed by atoms with Gasteiger partial charge in [-0.15, -0.1) is 0 Å². The van der Waals surface area contributed by atoms with E-state index >= 15 is 0 Å². The summed E-state index contributed by atoms with van der Waals surface area (Å²) in [6.07, 6.45) is 5.36. The van der Waals surface area contributed by atoms with Crippen LogP contribution in [0.5, 0.6) is 0 Å². The van der Waals surface area contributed by atoms with Crippen molar-refractivity contribution < 1.29 is 13.9 Å². The van der Waals surface area contributed by atoms with Crippen LogP contribution in [-0.4, -0.2) is 35.2 Å². The lowest BCUT2D eigenvalue weighted by atomic mass is 10.2. The number of nitrogens with zero attached hydrogens (tertiary/aromatic N) is 2.